The van der Waals surface area contributed by atoms with E-state index in [1.54, 1.807) is 19.1 Å². The molecular weight excluding hydrogens is 680 g/mol. The van der Waals surface area contributed by atoms with Crippen LogP contribution < -0.4 is 0 Å². The Morgan fingerprint density at radius 1 is 0.457 bits per heavy atom. The molecule has 0 aromatic rings. The highest BCUT2D eigenvalue weighted by Gasteiger charge is 2.36. The van der Waals surface area contributed by atoms with Crippen LogP contribution in [0.5, 0.6) is 0 Å². The van der Waals surface area contributed by atoms with E-state index >= 15 is 0 Å². The second-order valence-electron chi connectivity index (χ2n) is 12.6. The Labute approximate surface area is 275 Å². The van der Waals surface area contributed by atoms with Gasteiger partial charge >= 0.3 is 15.2 Å². The van der Waals surface area contributed by atoms with Gasteiger partial charge in [-0.2, -0.15) is 0 Å². The van der Waals surface area contributed by atoms with Gasteiger partial charge in [0.15, 0.2) is 0 Å². The Kier molecular flexibility index (Phi) is 17.0. The van der Waals surface area contributed by atoms with E-state index in [9.17, 15) is 37.8 Å². The fourth-order valence-electron chi connectivity index (χ4n) is 5.93. The summed E-state index contributed by atoms with van der Waals surface area (Å²) >= 11 is 0. The molecule has 3 saturated heterocycles. The van der Waals surface area contributed by atoms with E-state index < -0.39 is 30.2 Å². The summed E-state index contributed by atoms with van der Waals surface area (Å²) in [6, 6.07) is 0. The molecule has 0 saturated carbocycles. The molecule has 0 aliphatic carbocycles. The largest absolute Gasteiger partial charge is 0.341 e. The van der Waals surface area contributed by atoms with Gasteiger partial charge in [-0.15, -0.1) is 0 Å². The minimum Gasteiger partial charge on any atom is -0.332 e. The third-order valence-electron chi connectivity index (χ3n) is 8.50. The Morgan fingerprint density at radius 2 is 0.717 bits per heavy atom. The smallest absolute Gasteiger partial charge is 0.332 e. The lowest BCUT2D eigenvalue weighted by atomic mass is 10.4. The van der Waals surface area contributed by atoms with E-state index in [1.165, 1.54) is 0 Å². The minimum atomic E-state index is -3.97. The van der Waals surface area contributed by atoms with E-state index in [4.69, 9.17) is 9.05 Å². The maximum absolute atomic E-state index is 13.4. The molecule has 4 atom stereocenters. The SMILES string of the molecule is CCCOP(=O)(O)CN1CCN(CP(=O)(O)N2CCCC2)CCN(CP(=O)(O)OCCC)CCN(CP(=O)(O)N2CCCC2)CC1. The molecule has 3 aliphatic heterocycles. The molecule has 16 nitrogen and oxygen atoms in total. The third kappa shape index (κ3) is 14.4. The van der Waals surface area contributed by atoms with Crippen molar-refractivity contribution in [3.05, 3.63) is 0 Å². The molecular formula is C26H58N6O10P4. The normalized spacial score (nSPS) is 26.9. The molecule has 272 valence electrons. The van der Waals surface area contributed by atoms with Gasteiger partial charge in [-0.25, -0.2) is 9.34 Å². The van der Waals surface area contributed by atoms with Gasteiger partial charge in [0, 0.05) is 78.5 Å². The highest BCUT2D eigenvalue weighted by atomic mass is 31.2. The number of hydrogen-bond donors (Lipinski definition) is 4. The molecule has 0 spiro atoms. The van der Waals surface area contributed by atoms with Crippen LogP contribution in [0.2, 0.25) is 0 Å². The molecule has 0 aromatic carbocycles. The van der Waals surface area contributed by atoms with Gasteiger partial charge in [-0.05, 0) is 38.5 Å². The zero-order chi connectivity index (χ0) is 33.8. The number of hydrogen-bond acceptors (Lipinski definition) is 10. The average Bonchev–Trinajstić information content (AvgIpc) is 3.72. The van der Waals surface area contributed by atoms with E-state index in [1.807, 2.05) is 23.6 Å². The quantitative estimate of drug-likeness (QED) is 0.169. The summed E-state index contributed by atoms with van der Waals surface area (Å²) in [5.74, 6) is 0. The third-order valence-corrected chi connectivity index (χ3v) is 15.3. The van der Waals surface area contributed by atoms with Crippen LogP contribution in [0, 0.1) is 0 Å². The van der Waals surface area contributed by atoms with Crippen molar-refractivity contribution in [2.45, 2.75) is 52.4 Å². The van der Waals surface area contributed by atoms with Crippen LogP contribution in [0.15, 0.2) is 0 Å². The molecule has 3 heterocycles. The molecule has 3 aliphatic rings. The zero-order valence-electron chi connectivity index (χ0n) is 27.7. The van der Waals surface area contributed by atoms with Crippen molar-refractivity contribution in [1.29, 1.82) is 0 Å². The van der Waals surface area contributed by atoms with Crippen molar-refractivity contribution < 1.29 is 46.9 Å². The fourth-order valence-corrected chi connectivity index (χ4v) is 12.4. The first kappa shape index (κ1) is 40.9. The summed E-state index contributed by atoms with van der Waals surface area (Å²) < 4.78 is 66.6. The summed E-state index contributed by atoms with van der Waals surface area (Å²) in [6.07, 6.45) is 3.90. The lowest BCUT2D eigenvalue weighted by Crippen LogP contribution is -2.47. The Morgan fingerprint density at radius 3 is 0.978 bits per heavy atom. The van der Waals surface area contributed by atoms with Crippen molar-refractivity contribution in [3.8, 4) is 0 Å². The monoisotopic (exact) mass is 738 g/mol. The molecule has 0 amide bonds. The maximum atomic E-state index is 13.4. The molecule has 46 heavy (non-hydrogen) atoms. The Balaban J connectivity index is 1.84. The molecule has 0 aromatic heterocycles. The summed E-state index contributed by atoms with van der Waals surface area (Å²) in [4.78, 5) is 50.5. The second-order valence-corrected chi connectivity index (χ2v) is 20.6. The Bertz CT molecular complexity index is 1010. The van der Waals surface area contributed by atoms with Gasteiger partial charge in [0.1, 0.15) is 12.6 Å². The predicted octanol–water partition coefficient (Wildman–Crippen LogP) is 2.82. The summed E-state index contributed by atoms with van der Waals surface area (Å²) in [6.45, 7) is 8.52. The van der Waals surface area contributed by atoms with E-state index in [-0.39, 0.29) is 64.5 Å². The van der Waals surface area contributed by atoms with Crippen LogP contribution >= 0.6 is 30.2 Å². The van der Waals surface area contributed by atoms with Gasteiger partial charge in [0.25, 0.3) is 15.0 Å². The van der Waals surface area contributed by atoms with Crippen molar-refractivity contribution in [2.75, 3.05) is 117 Å². The van der Waals surface area contributed by atoms with Gasteiger partial charge in [0.05, 0.1) is 25.8 Å². The topological polar surface area (TPSA) is 187 Å². The van der Waals surface area contributed by atoms with Crippen molar-refractivity contribution in [1.82, 2.24) is 28.9 Å². The van der Waals surface area contributed by atoms with Crippen LogP contribution in [0.1, 0.15) is 52.4 Å². The summed E-state index contributed by atoms with van der Waals surface area (Å²) in [5, 5.41) is 0. The first-order chi connectivity index (χ1) is 21.6. The lowest BCUT2D eigenvalue weighted by molar-refractivity contribution is 0.146. The van der Waals surface area contributed by atoms with E-state index in [0.29, 0.717) is 65.2 Å². The van der Waals surface area contributed by atoms with Crippen molar-refractivity contribution in [3.63, 3.8) is 0 Å². The minimum absolute atomic E-state index is 0.101. The zero-order valence-corrected chi connectivity index (χ0v) is 31.3. The van der Waals surface area contributed by atoms with Gasteiger partial charge in [0.2, 0.25) is 0 Å². The first-order valence-electron chi connectivity index (χ1n) is 16.6. The van der Waals surface area contributed by atoms with Gasteiger partial charge in [-0.3, -0.25) is 37.9 Å². The Hall–Kier alpha value is 0.440. The molecule has 4 N–H and O–H groups in total. The molecule has 3 rings (SSSR count). The van der Waals surface area contributed by atoms with Crippen LogP contribution in [-0.4, -0.2) is 165 Å². The van der Waals surface area contributed by atoms with Crippen molar-refractivity contribution >= 4 is 30.2 Å². The maximum Gasteiger partial charge on any atom is 0.341 e. The average molecular weight is 739 g/mol. The van der Waals surface area contributed by atoms with Crippen LogP contribution in [0.3, 0.4) is 0 Å². The fraction of sp³-hybridized carbons (Fsp3) is 1.00. The van der Waals surface area contributed by atoms with Crippen LogP contribution in [0.4, 0.5) is 0 Å². The van der Waals surface area contributed by atoms with Crippen LogP contribution in [0.25, 0.3) is 0 Å². The second kappa shape index (κ2) is 19.2. The van der Waals surface area contributed by atoms with Gasteiger partial charge in [-0.1, -0.05) is 13.8 Å². The number of rotatable bonds is 16. The van der Waals surface area contributed by atoms with E-state index in [0.717, 1.165) is 25.7 Å². The van der Waals surface area contributed by atoms with Crippen molar-refractivity contribution in [2.24, 2.45) is 0 Å². The molecule has 3 fully saturated rings. The van der Waals surface area contributed by atoms with Gasteiger partial charge < -0.3 is 28.6 Å². The lowest BCUT2D eigenvalue weighted by Gasteiger charge is -2.36. The van der Waals surface area contributed by atoms with Crippen LogP contribution in [-0.2, 0) is 27.3 Å². The van der Waals surface area contributed by atoms with E-state index in [2.05, 4.69) is 0 Å². The predicted molar refractivity (Wildman–Crippen MR) is 179 cm³/mol. The highest BCUT2D eigenvalue weighted by Crippen LogP contribution is 2.49. The molecule has 20 heteroatoms. The molecule has 4 unspecified atom stereocenters. The first-order valence-corrected chi connectivity index (χ1v) is 23.7. The standard InChI is InChI=1S/C26H58N6O10P4/c1-3-21-41-45(37,38)25-29-17-13-27(23-43(33,34)31-9-5-6-10-31)15-19-30(26-46(39,40)42-22-4-2)20-16-28(14-18-29)24-44(35,36)32-11-7-8-12-32/h3-26H2,1-2H3,(H,33,34)(H,35,36)(H,37,38)(H,39,40). The summed E-state index contributed by atoms with van der Waals surface area (Å²) in [7, 11) is -15.3. The number of nitrogens with zero attached hydrogens (tertiary/aromatic N) is 6. The molecule has 0 radical (unpaired) electrons. The summed E-state index contributed by atoms with van der Waals surface area (Å²) in [5.41, 5.74) is 0. The highest BCUT2D eigenvalue weighted by molar-refractivity contribution is 7.55. The molecule has 0 bridgehead atoms.